The van der Waals surface area contributed by atoms with E-state index in [1.807, 2.05) is 0 Å². The van der Waals surface area contributed by atoms with Gasteiger partial charge >= 0.3 is 6.03 Å². The number of imide groups is 1. The van der Waals surface area contributed by atoms with Crippen LogP contribution in [0, 0.1) is 0 Å². The number of urea groups is 1. The number of nitrogen functional groups attached to an aromatic ring is 1. The number of aromatic nitrogens is 1. The minimum atomic E-state index is -0.423. The molecule has 0 saturated carbocycles. The van der Waals surface area contributed by atoms with Gasteiger partial charge in [0.25, 0.3) is 5.91 Å². The van der Waals surface area contributed by atoms with Crippen LogP contribution in [0.5, 0.6) is 0 Å². The van der Waals surface area contributed by atoms with Gasteiger partial charge in [0.2, 0.25) is 0 Å². The highest BCUT2D eigenvalue weighted by atomic mass is 16.2. The topological polar surface area (TPSA) is 104 Å². The Labute approximate surface area is 115 Å². The molecule has 4 N–H and O–H groups in total. The predicted molar refractivity (Wildman–Crippen MR) is 74.6 cm³/mol. The Hall–Kier alpha value is -2.35. The molecule has 0 aromatic carbocycles. The standard InChI is InChI=1S/C12H16N6O2/c13-11-9(17-3-1-14-2-4-17)5-8(6-15-11)18-10(19)7-16-12(18)20/h5-6,14H,1-4,7H2,(H2,13,15)(H,16,20). The summed E-state index contributed by atoms with van der Waals surface area (Å²) in [5.74, 6) is 0.121. The highest BCUT2D eigenvalue weighted by molar-refractivity contribution is 6.20. The lowest BCUT2D eigenvalue weighted by molar-refractivity contribution is -0.115. The number of pyridine rings is 1. The molecule has 0 unspecified atom stereocenters. The van der Waals surface area contributed by atoms with Crippen LogP contribution in [0.1, 0.15) is 0 Å². The van der Waals surface area contributed by atoms with Gasteiger partial charge in [0.05, 0.1) is 24.1 Å². The Balaban J connectivity index is 1.93. The molecular formula is C12H16N6O2. The molecule has 0 atom stereocenters. The van der Waals surface area contributed by atoms with Crippen molar-refractivity contribution in [1.82, 2.24) is 15.6 Å². The molecule has 106 valence electrons. The van der Waals surface area contributed by atoms with E-state index in [2.05, 4.69) is 20.5 Å². The molecule has 2 saturated heterocycles. The van der Waals surface area contributed by atoms with Crippen molar-refractivity contribution >= 4 is 29.1 Å². The maximum absolute atomic E-state index is 11.7. The zero-order chi connectivity index (χ0) is 14.1. The summed E-state index contributed by atoms with van der Waals surface area (Å²) >= 11 is 0. The highest BCUT2D eigenvalue weighted by Gasteiger charge is 2.31. The van der Waals surface area contributed by atoms with Gasteiger partial charge in [0.15, 0.2) is 0 Å². The van der Waals surface area contributed by atoms with Crippen LogP contribution in [0.25, 0.3) is 0 Å². The van der Waals surface area contributed by atoms with Crippen molar-refractivity contribution in [2.45, 2.75) is 0 Å². The van der Waals surface area contributed by atoms with Crippen LogP contribution in [0.2, 0.25) is 0 Å². The number of nitrogens with zero attached hydrogens (tertiary/aromatic N) is 3. The number of nitrogens with two attached hydrogens (primary N) is 1. The molecule has 8 nitrogen and oxygen atoms in total. The van der Waals surface area contributed by atoms with Crippen LogP contribution in [0.4, 0.5) is 22.0 Å². The van der Waals surface area contributed by atoms with Crippen molar-refractivity contribution in [2.75, 3.05) is 48.3 Å². The molecule has 3 heterocycles. The molecule has 3 rings (SSSR count). The minimum absolute atomic E-state index is 0.0200. The van der Waals surface area contributed by atoms with Crippen LogP contribution in [0.3, 0.4) is 0 Å². The van der Waals surface area contributed by atoms with Gasteiger partial charge < -0.3 is 21.3 Å². The number of carbonyl (C=O) groups excluding carboxylic acids is 2. The van der Waals surface area contributed by atoms with E-state index in [0.717, 1.165) is 36.8 Å². The lowest BCUT2D eigenvalue weighted by Gasteiger charge is -2.30. The normalized spacial score (nSPS) is 19.4. The molecule has 1 aromatic heterocycles. The third-order valence-corrected chi connectivity index (χ3v) is 3.44. The molecule has 0 radical (unpaired) electrons. The van der Waals surface area contributed by atoms with Gasteiger partial charge in [-0.05, 0) is 6.07 Å². The molecule has 0 bridgehead atoms. The number of anilines is 3. The van der Waals surface area contributed by atoms with E-state index >= 15 is 0 Å². The summed E-state index contributed by atoms with van der Waals surface area (Å²) in [6.07, 6.45) is 1.45. The quantitative estimate of drug-likeness (QED) is 0.607. The number of carbonyl (C=O) groups is 2. The molecule has 0 spiro atoms. The minimum Gasteiger partial charge on any atom is -0.382 e. The first-order valence-corrected chi connectivity index (χ1v) is 6.49. The van der Waals surface area contributed by atoms with Crippen molar-refractivity contribution in [3.05, 3.63) is 12.3 Å². The van der Waals surface area contributed by atoms with Gasteiger partial charge in [-0.1, -0.05) is 0 Å². The second-order valence-corrected chi connectivity index (χ2v) is 4.72. The van der Waals surface area contributed by atoms with Gasteiger partial charge in [-0.15, -0.1) is 0 Å². The summed E-state index contributed by atoms with van der Waals surface area (Å²) < 4.78 is 0. The fourth-order valence-electron chi connectivity index (χ4n) is 2.42. The average molecular weight is 276 g/mol. The molecule has 2 aliphatic heterocycles. The summed E-state index contributed by atoms with van der Waals surface area (Å²) in [6.45, 7) is 3.39. The van der Waals surface area contributed by atoms with Crippen molar-refractivity contribution < 1.29 is 9.59 Å². The SMILES string of the molecule is Nc1ncc(N2C(=O)CNC2=O)cc1N1CCNCC1. The lowest BCUT2D eigenvalue weighted by Crippen LogP contribution is -2.44. The second-order valence-electron chi connectivity index (χ2n) is 4.72. The third-order valence-electron chi connectivity index (χ3n) is 3.44. The number of nitrogens with one attached hydrogen (secondary N) is 2. The van der Waals surface area contributed by atoms with E-state index in [0.29, 0.717) is 11.5 Å². The molecule has 3 amide bonds. The Kier molecular flexibility index (Phi) is 3.15. The van der Waals surface area contributed by atoms with Crippen LogP contribution >= 0.6 is 0 Å². The predicted octanol–water partition coefficient (Wildman–Crippen LogP) is -0.870. The average Bonchev–Trinajstić information content (AvgIpc) is 2.80. The first-order chi connectivity index (χ1) is 9.66. The largest absolute Gasteiger partial charge is 0.382 e. The van der Waals surface area contributed by atoms with E-state index in [9.17, 15) is 9.59 Å². The van der Waals surface area contributed by atoms with Crippen LogP contribution in [-0.2, 0) is 4.79 Å². The van der Waals surface area contributed by atoms with Crippen molar-refractivity contribution in [3.8, 4) is 0 Å². The smallest absolute Gasteiger partial charge is 0.329 e. The molecule has 8 heteroatoms. The van der Waals surface area contributed by atoms with E-state index in [1.54, 1.807) is 6.07 Å². The van der Waals surface area contributed by atoms with Crippen LogP contribution < -0.4 is 26.2 Å². The Morgan fingerprint density at radius 1 is 1.25 bits per heavy atom. The summed E-state index contributed by atoms with van der Waals surface area (Å²) in [6, 6.07) is 1.32. The summed E-state index contributed by atoms with van der Waals surface area (Å²) in [4.78, 5) is 30.7. The Morgan fingerprint density at radius 3 is 2.65 bits per heavy atom. The second kappa shape index (κ2) is 4.97. The van der Waals surface area contributed by atoms with Crippen molar-refractivity contribution in [2.24, 2.45) is 0 Å². The van der Waals surface area contributed by atoms with Gasteiger partial charge in [0.1, 0.15) is 5.82 Å². The molecular weight excluding hydrogens is 260 g/mol. The van der Waals surface area contributed by atoms with Gasteiger partial charge in [-0.3, -0.25) is 4.79 Å². The molecule has 0 aliphatic carbocycles. The molecule has 1 aromatic rings. The summed E-state index contributed by atoms with van der Waals surface area (Å²) in [7, 11) is 0. The maximum atomic E-state index is 11.7. The van der Waals surface area contributed by atoms with Gasteiger partial charge in [-0.25, -0.2) is 14.7 Å². The lowest BCUT2D eigenvalue weighted by atomic mass is 10.2. The first kappa shape index (κ1) is 12.7. The molecule has 20 heavy (non-hydrogen) atoms. The summed E-state index contributed by atoms with van der Waals surface area (Å²) in [5, 5.41) is 5.74. The number of rotatable bonds is 2. The molecule has 2 fully saturated rings. The van der Waals surface area contributed by atoms with E-state index in [-0.39, 0.29) is 12.5 Å². The third kappa shape index (κ3) is 2.14. The zero-order valence-corrected chi connectivity index (χ0v) is 10.9. The van der Waals surface area contributed by atoms with Crippen molar-refractivity contribution in [1.29, 1.82) is 0 Å². The Morgan fingerprint density at radius 2 is 2.00 bits per heavy atom. The zero-order valence-electron chi connectivity index (χ0n) is 10.9. The fourth-order valence-corrected chi connectivity index (χ4v) is 2.42. The number of hydrogen-bond acceptors (Lipinski definition) is 6. The van der Waals surface area contributed by atoms with E-state index in [4.69, 9.17) is 5.73 Å². The first-order valence-electron chi connectivity index (χ1n) is 6.49. The van der Waals surface area contributed by atoms with E-state index < -0.39 is 6.03 Å². The van der Waals surface area contributed by atoms with Crippen LogP contribution in [-0.4, -0.2) is 49.6 Å². The molecule has 2 aliphatic rings. The van der Waals surface area contributed by atoms with Crippen molar-refractivity contribution in [3.63, 3.8) is 0 Å². The number of piperazine rings is 1. The van der Waals surface area contributed by atoms with Gasteiger partial charge in [0, 0.05) is 26.2 Å². The highest BCUT2D eigenvalue weighted by Crippen LogP contribution is 2.28. The fraction of sp³-hybridized carbons (Fsp3) is 0.417. The number of hydrogen-bond donors (Lipinski definition) is 3. The maximum Gasteiger partial charge on any atom is 0.329 e. The Bertz CT molecular complexity index is 539. The monoisotopic (exact) mass is 276 g/mol. The van der Waals surface area contributed by atoms with Gasteiger partial charge in [-0.2, -0.15) is 0 Å². The van der Waals surface area contributed by atoms with Crippen LogP contribution in [0.15, 0.2) is 12.3 Å². The number of amides is 3. The van der Waals surface area contributed by atoms with E-state index in [1.165, 1.54) is 6.20 Å². The summed E-state index contributed by atoms with van der Waals surface area (Å²) in [5.41, 5.74) is 7.12.